The summed E-state index contributed by atoms with van der Waals surface area (Å²) in [5, 5.41) is 10.5. The molecule has 0 saturated carbocycles. The minimum Gasteiger partial charge on any atom is -0.390 e. The smallest absolute Gasteiger partial charge is 0.0854 e. The highest BCUT2D eigenvalue weighted by Crippen LogP contribution is 2.30. The summed E-state index contributed by atoms with van der Waals surface area (Å²) in [6.45, 7) is 6.60. The third-order valence-electron chi connectivity index (χ3n) is 3.68. The molecule has 1 aromatic carbocycles. The van der Waals surface area contributed by atoms with Gasteiger partial charge in [-0.05, 0) is 26.0 Å². The Morgan fingerprint density at radius 1 is 1.35 bits per heavy atom. The lowest BCUT2D eigenvalue weighted by Crippen LogP contribution is -2.48. The largest absolute Gasteiger partial charge is 0.390 e. The van der Waals surface area contributed by atoms with Gasteiger partial charge in [-0.3, -0.25) is 4.98 Å². The van der Waals surface area contributed by atoms with Crippen molar-refractivity contribution in [3.05, 3.63) is 36.0 Å². The minimum atomic E-state index is -0.151. The van der Waals surface area contributed by atoms with Crippen LogP contribution in [0.3, 0.4) is 0 Å². The molecule has 0 atom stereocenters. The average molecular weight is 272 g/mol. The van der Waals surface area contributed by atoms with E-state index < -0.39 is 0 Å². The number of hydrogen-bond acceptors (Lipinski definition) is 4. The number of nitrogens with zero attached hydrogens (tertiary/aromatic N) is 2. The van der Waals surface area contributed by atoms with Crippen LogP contribution in [0.25, 0.3) is 10.9 Å². The van der Waals surface area contributed by atoms with Crippen LogP contribution in [0.4, 0.5) is 5.69 Å². The summed E-state index contributed by atoms with van der Waals surface area (Å²) in [5.41, 5.74) is 2.62. The number of pyridine rings is 1. The van der Waals surface area contributed by atoms with Crippen molar-refractivity contribution in [3.8, 4) is 0 Å². The molecule has 1 aromatic heterocycles. The lowest BCUT2D eigenvalue weighted by atomic mass is 10.0. The van der Waals surface area contributed by atoms with Gasteiger partial charge in [-0.1, -0.05) is 18.2 Å². The first kappa shape index (κ1) is 13.3. The van der Waals surface area contributed by atoms with Crippen molar-refractivity contribution < 1.29 is 9.84 Å². The number of aliphatic hydroxyl groups excluding tert-OH is 1. The Bertz CT molecular complexity index is 625. The zero-order chi connectivity index (χ0) is 14.2. The van der Waals surface area contributed by atoms with Gasteiger partial charge in [-0.25, -0.2) is 0 Å². The molecule has 106 valence electrons. The molecular formula is C16H20N2O2. The molecule has 1 aliphatic rings. The Balaban J connectivity index is 2.09. The minimum absolute atomic E-state index is 0.0361. The number of hydrogen-bond donors (Lipinski definition) is 1. The van der Waals surface area contributed by atoms with Crippen LogP contribution in [0, 0.1) is 0 Å². The maximum Gasteiger partial charge on any atom is 0.0854 e. The zero-order valence-electron chi connectivity index (χ0n) is 12.0. The molecule has 1 saturated heterocycles. The van der Waals surface area contributed by atoms with E-state index in [0.717, 1.165) is 36.3 Å². The molecule has 1 N–H and O–H groups in total. The second-order valence-electron chi connectivity index (χ2n) is 5.84. The number of rotatable bonds is 2. The van der Waals surface area contributed by atoms with E-state index in [1.807, 2.05) is 24.3 Å². The second-order valence-corrected chi connectivity index (χ2v) is 5.84. The summed E-state index contributed by atoms with van der Waals surface area (Å²) in [6, 6.07) is 10.1. The van der Waals surface area contributed by atoms with Gasteiger partial charge in [0, 0.05) is 24.2 Å². The maximum atomic E-state index is 9.42. The fourth-order valence-corrected chi connectivity index (χ4v) is 2.78. The lowest BCUT2D eigenvalue weighted by molar-refractivity contribution is -0.0276. The number of benzene rings is 1. The number of aliphatic hydroxyl groups is 1. The van der Waals surface area contributed by atoms with Crippen molar-refractivity contribution in [1.29, 1.82) is 0 Å². The number of aromatic nitrogens is 1. The third kappa shape index (κ3) is 2.49. The number of morpholine rings is 1. The topological polar surface area (TPSA) is 45.6 Å². The molecule has 4 heteroatoms. The molecule has 0 radical (unpaired) electrons. The van der Waals surface area contributed by atoms with Crippen LogP contribution < -0.4 is 4.90 Å². The van der Waals surface area contributed by atoms with Gasteiger partial charge in [0.15, 0.2) is 0 Å². The van der Waals surface area contributed by atoms with E-state index in [1.54, 1.807) is 0 Å². The van der Waals surface area contributed by atoms with E-state index in [0.29, 0.717) is 5.69 Å². The van der Waals surface area contributed by atoms with Crippen molar-refractivity contribution in [2.75, 3.05) is 24.6 Å². The molecular weight excluding hydrogens is 252 g/mol. The Morgan fingerprint density at radius 3 is 2.90 bits per heavy atom. The van der Waals surface area contributed by atoms with Crippen LogP contribution in [0.1, 0.15) is 19.5 Å². The summed E-state index contributed by atoms with van der Waals surface area (Å²) in [4.78, 5) is 6.80. The molecule has 2 heterocycles. The Labute approximate surface area is 119 Å². The number of ether oxygens (including phenoxy) is 1. The van der Waals surface area contributed by atoms with Crippen LogP contribution >= 0.6 is 0 Å². The fourth-order valence-electron chi connectivity index (χ4n) is 2.78. The zero-order valence-corrected chi connectivity index (χ0v) is 12.0. The van der Waals surface area contributed by atoms with Crippen molar-refractivity contribution >= 4 is 16.6 Å². The van der Waals surface area contributed by atoms with Gasteiger partial charge in [-0.2, -0.15) is 0 Å². The van der Waals surface area contributed by atoms with Crippen LogP contribution in [0.15, 0.2) is 30.3 Å². The highest BCUT2D eigenvalue weighted by atomic mass is 16.5. The molecule has 2 aromatic rings. The number of fused-ring (bicyclic) bond motifs is 1. The quantitative estimate of drug-likeness (QED) is 0.911. The number of anilines is 1. The predicted molar refractivity (Wildman–Crippen MR) is 79.9 cm³/mol. The van der Waals surface area contributed by atoms with Gasteiger partial charge in [0.2, 0.25) is 0 Å². The highest BCUT2D eigenvalue weighted by molar-refractivity contribution is 5.92. The van der Waals surface area contributed by atoms with Gasteiger partial charge >= 0.3 is 0 Å². The molecule has 1 aliphatic heterocycles. The fraction of sp³-hybridized carbons (Fsp3) is 0.438. The van der Waals surface area contributed by atoms with Crippen LogP contribution in [0.5, 0.6) is 0 Å². The van der Waals surface area contributed by atoms with Gasteiger partial charge in [0.1, 0.15) is 0 Å². The second kappa shape index (κ2) is 5.04. The van der Waals surface area contributed by atoms with E-state index in [-0.39, 0.29) is 12.2 Å². The van der Waals surface area contributed by atoms with Crippen molar-refractivity contribution in [3.63, 3.8) is 0 Å². The van der Waals surface area contributed by atoms with Crippen LogP contribution in [0.2, 0.25) is 0 Å². The molecule has 1 fully saturated rings. The monoisotopic (exact) mass is 272 g/mol. The Kier molecular flexibility index (Phi) is 3.36. The summed E-state index contributed by atoms with van der Waals surface area (Å²) >= 11 is 0. The Morgan fingerprint density at radius 2 is 2.15 bits per heavy atom. The summed E-state index contributed by atoms with van der Waals surface area (Å²) < 4.78 is 5.78. The van der Waals surface area contributed by atoms with Gasteiger partial charge in [0.25, 0.3) is 0 Å². The molecule has 0 unspecified atom stereocenters. The summed E-state index contributed by atoms with van der Waals surface area (Å²) in [6.07, 6.45) is 0. The molecule has 4 nitrogen and oxygen atoms in total. The Hall–Kier alpha value is -1.65. The van der Waals surface area contributed by atoms with Gasteiger partial charge in [-0.15, -0.1) is 0 Å². The molecule has 3 rings (SSSR count). The van der Waals surface area contributed by atoms with E-state index in [2.05, 4.69) is 29.8 Å². The van der Waals surface area contributed by atoms with E-state index in [4.69, 9.17) is 4.74 Å². The molecule has 0 spiro atoms. The first-order chi connectivity index (χ1) is 9.59. The highest BCUT2D eigenvalue weighted by Gasteiger charge is 2.28. The SMILES string of the molecule is CC1(C)CN(c2cc(CO)nc3ccccc23)CCO1. The lowest BCUT2D eigenvalue weighted by Gasteiger charge is -2.40. The normalized spacial score (nSPS) is 18.4. The molecule has 0 amide bonds. The van der Waals surface area contributed by atoms with E-state index >= 15 is 0 Å². The summed E-state index contributed by atoms with van der Waals surface area (Å²) in [7, 11) is 0. The van der Waals surface area contributed by atoms with Gasteiger partial charge < -0.3 is 14.7 Å². The van der Waals surface area contributed by atoms with Crippen molar-refractivity contribution in [1.82, 2.24) is 4.98 Å². The van der Waals surface area contributed by atoms with Crippen molar-refractivity contribution in [2.24, 2.45) is 0 Å². The van der Waals surface area contributed by atoms with Crippen molar-refractivity contribution in [2.45, 2.75) is 26.1 Å². The number of para-hydroxylation sites is 1. The van der Waals surface area contributed by atoms with Crippen LogP contribution in [-0.2, 0) is 11.3 Å². The molecule has 20 heavy (non-hydrogen) atoms. The van der Waals surface area contributed by atoms with E-state index in [9.17, 15) is 5.11 Å². The first-order valence-electron chi connectivity index (χ1n) is 6.97. The summed E-state index contributed by atoms with van der Waals surface area (Å²) in [5.74, 6) is 0. The maximum absolute atomic E-state index is 9.42. The van der Waals surface area contributed by atoms with E-state index in [1.165, 1.54) is 0 Å². The third-order valence-corrected chi connectivity index (χ3v) is 3.68. The first-order valence-corrected chi connectivity index (χ1v) is 6.97. The molecule has 0 bridgehead atoms. The molecule has 0 aliphatic carbocycles. The van der Waals surface area contributed by atoms with Crippen LogP contribution in [-0.4, -0.2) is 35.4 Å². The van der Waals surface area contributed by atoms with Gasteiger partial charge in [0.05, 0.1) is 30.0 Å². The standard InChI is InChI=1S/C16H20N2O2/c1-16(2)11-18(7-8-20-16)15-9-12(10-19)17-14-6-4-3-5-13(14)15/h3-6,9,19H,7-8,10-11H2,1-2H3. The average Bonchev–Trinajstić information content (AvgIpc) is 2.45. The predicted octanol–water partition coefficient (Wildman–Crippen LogP) is 2.34.